The number of hydrogen-bond donors (Lipinski definition) is 1. The van der Waals surface area contributed by atoms with Crippen LogP contribution in [0.25, 0.3) is 0 Å². The molecule has 5 heteroatoms. The van der Waals surface area contributed by atoms with Crippen LogP contribution in [-0.4, -0.2) is 15.7 Å². The van der Waals surface area contributed by atoms with Crippen LogP contribution in [0.15, 0.2) is 24.3 Å². The second-order valence-electron chi connectivity index (χ2n) is 4.69. The van der Waals surface area contributed by atoms with Crippen molar-refractivity contribution < 1.29 is 4.79 Å². The Morgan fingerprint density at radius 2 is 2.20 bits per heavy atom. The predicted octanol–water partition coefficient (Wildman–Crippen LogP) is 2.09. The lowest BCUT2D eigenvalue weighted by molar-refractivity contribution is -0.115. The van der Waals surface area contributed by atoms with Gasteiger partial charge in [-0.2, -0.15) is 10.4 Å². The Hall–Kier alpha value is -2.61. The minimum Gasteiger partial charge on any atom is -0.326 e. The number of aromatic nitrogens is 2. The number of hydrogen-bond acceptors (Lipinski definition) is 3. The van der Waals surface area contributed by atoms with E-state index < -0.39 is 0 Å². The van der Waals surface area contributed by atoms with E-state index in [1.165, 1.54) is 0 Å². The first-order valence-electron chi connectivity index (χ1n) is 6.30. The van der Waals surface area contributed by atoms with Crippen molar-refractivity contribution in [1.82, 2.24) is 9.78 Å². The molecule has 0 aliphatic rings. The molecule has 0 atom stereocenters. The largest absolute Gasteiger partial charge is 0.326 e. The van der Waals surface area contributed by atoms with Gasteiger partial charge in [-0.25, -0.2) is 0 Å². The van der Waals surface area contributed by atoms with E-state index in [0.717, 1.165) is 17.0 Å². The van der Waals surface area contributed by atoms with Crippen LogP contribution in [0.5, 0.6) is 0 Å². The van der Waals surface area contributed by atoms with Gasteiger partial charge in [0, 0.05) is 24.0 Å². The topological polar surface area (TPSA) is 70.7 Å². The molecule has 0 saturated carbocycles. The highest BCUT2D eigenvalue weighted by molar-refractivity contribution is 5.92. The summed E-state index contributed by atoms with van der Waals surface area (Å²) >= 11 is 0. The van der Waals surface area contributed by atoms with E-state index in [4.69, 9.17) is 5.26 Å². The van der Waals surface area contributed by atoms with Gasteiger partial charge in [0.1, 0.15) is 0 Å². The second-order valence-corrected chi connectivity index (χ2v) is 4.69. The highest BCUT2D eigenvalue weighted by Gasteiger charge is 2.13. The summed E-state index contributed by atoms with van der Waals surface area (Å²) in [7, 11) is 1.86. The predicted molar refractivity (Wildman–Crippen MR) is 76.2 cm³/mol. The number of nitriles is 1. The third-order valence-corrected chi connectivity index (χ3v) is 3.27. The van der Waals surface area contributed by atoms with Crippen molar-refractivity contribution in [3.05, 3.63) is 46.8 Å². The van der Waals surface area contributed by atoms with E-state index in [9.17, 15) is 4.79 Å². The third kappa shape index (κ3) is 2.86. The van der Waals surface area contributed by atoms with Crippen LogP contribution >= 0.6 is 0 Å². The van der Waals surface area contributed by atoms with Crippen molar-refractivity contribution in [2.24, 2.45) is 7.05 Å². The number of amides is 1. The Morgan fingerprint density at radius 1 is 1.45 bits per heavy atom. The van der Waals surface area contributed by atoms with Crippen molar-refractivity contribution in [2.45, 2.75) is 20.3 Å². The summed E-state index contributed by atoms with van der Waals surface area (Å²) in [4.78, 5) is 12.1. The summed E-state index contributed by atoms with van der Waals surface area (Å²) in [6.45, 7) is 3.84. The van der Waals surface area contributed by atoms with E-state index in [-0.39, 0.29) is 12.3 Å². The molecule has 2 rings (SSSR count). The minimum atomic E-state index is -0.112. The summed E-state index contributed by atoms with van der Waals surface area (Å²) in [6.07, 6.45) is 0.280. The lowest BCUT2D eigenvalue weighted by Crippen LogP contribution is -2.15. The Bertz CT molecular complexity index is 694. The van der Waals surface area contributed by atoms with Gasteiger partial charge in [0.2, 0.25) is 5.91 Å². The zero-order chi connectivity index (χ0) is 14.7. The minimum absolute atomic E-state index is 0.112. The van der Waals surface area contributed by atoms with E-state index in [0.29, 0.717) is 11.3 Å². The zero-order valence-corrected chi connectivity index (χ0v) is 11.8. The van der Waals surface area contributed by atoms with Gasteiger partial charge in [-0.3, -0.25) is 9.48 Å². The van der Waals surface area contributed by atoms with Crippen LogP contribution in [-0.2, 0) is 18.3 Å². The molecule has 0 saturated heterocycles. The standard InChI is InChI=1S/C15H16N4O/c1-10-14(11(2)19(3)18-10)8-15(20)17-13-6-4-5-12(7-13)9-16/h4-7H,8H2,1-3H3,(H,17,20). The molecule has 1 N–H and O–H groups in total. The van der Waals surface area contributed by atoms with E-state index in [2.05, 4.69) is 10.4 Å². The quantitative estimate of drug-likeness (QED) is 0.926. The van der Waals surface area contributed by atoms with Gasteiger partial charge in [0.15, 0.2) is 0 Å². The van der Waals surface area contributed by atoms with Gasteiger partial charge in [-0.1, -0.05) is 6.07 Å². The maximum atomic E-state index is 12.1. The molecule has 5 nitrogen and oxygen atoms in total. The maximum absolute atomic E-state index is 12.1. The first-order chi connectivity index (χ1) is 9.51. The SMILES string of the molecule is Cc1nn(C)c(C)c1CC(=O)Nc1cccc(C#N)c1. The van der Waals surface area contributed by atoms with Gasteiger partial charge >= 0.3 is 0 Å². The number of nitrogens with one attached hydrogen (secondary N) is 1. The summed E-state index contributed by atoms with van der Waals surface area (Å²) in [5, 5.41) is 15.9. The molecule has 1 aromatic heterocycles. The van der Waals surface area contributed by atoms with Crippen molar-refractivity contribution >= 4 is 11.6 Å². The fourth-order valence-electron chi connectivity index (χ4n) is 2.11. The highest BCUT2D eigenvalue weighted by atomic mass is 16.1. The summed E-state index contributed by atoms with van der Waals surface area (Å²) < 4.78 is 1.77. The fraction of sp³-hybridized carbons (Fsp3) is 0.267. The Labute approximate surface area is 117 Å². The third-order valence-electron chi connectivity index (χ3n) is 3.27. The van der Waals surface area contributed by atoms with Gasteiger partial charge < -0.3 is 5.32 Å². The Balaban J connectivity index is 2.11. The van der Waals surface area contributed by atoms with Crippen LogP contribution in [0.3, 0.4) is 0 Å². The number of nitrogens with zero attached hydrogens (tertiary/aromatic N) is 3. The molecular weight excluding hydrogens is 252 g/mol. The monoisotopic (exact) mass is 268 g/mol. The van der Waals surface area contributed by atoms with Crippen molar-refractivity contribution in [2.75, 3.05) is 5.32 Å². The van der Waals surface area contributed by atoms with Crippen LogP contribution < -0.4 is 5.32 Å². The van der Waals surface area contributed by atoms with Gasteiger partial charge in [-0.15, -0.1) is 0 Å². The number of anilines is 1. The average Bonchev–Trinajstić information content (AvgIpc) is 2.65. The molecule has 0 spiro atoms. The molecule has 102 valence electrons. The molecule has 0 aliphatic heterocycles. The van der Waals surface area contributed by atoms with E-state index in [1.54, 1.807) is 28.9 Å². The Kier molecular flexibility index (Phi) is 3.85. The molecule has 0 bridgehead atoms. The maximum Gasteiger partial charge on any atom is 0.228 e. The number of rotatable bonds is 3. The normalized spacial score (nSPS) is 10.1. The lowest BCUT2D eigenvalue weighted by Gasteiger charge is -2.06. The molecule has 1 amide bonds. The fourth-order valence-corrected chi connectivity index (χ4v) is 2.11. The molecule has 0 aliphatic carbocycles. The highest BCUT2D eigenvalue weighted by Crippen LogP contribution is 2.15. The van der Waals surface area contributed by atoms with Gasteiger partial charge in [-0.05, 0) is 32.0 Å². The van der Waals surface area contributed by atoms with Crippen molar-refractivity contribution in [1.29, 1.82) is 5.26 Å². The smallest absolute Gasteiger partial charge is 0.228 e. The average molecular weight is 268 g/mol. The molecule has 0 fully saturated rings. The summed E-state index contributed by atoms with van der Waals surface area (Å²) in [6, 6.07) is 8.91. The van der Waals surface area contributed by atoms with Crippen LogP contribution in [0.1, 0.15) is 22.5 Å². The number of aryl methyl sites for hydroxylation is 2. The summed E-state index contributed by atoms with van der Waals surface area (Å²) in [5.41, 5.74) is 3.96. The molecule has 2 aromatic rings. The second kappa shape index (κ2) is 5.57. The van der Waals surface area contributed by atoms with E-state index >= 15 is 0 Å². The Morgan fingerprint density at radius 3 is 2.80 bits per heavy atom. The van der Waals surface area contributed by atoms with Crippen LogP contribution in [0.2, 0.25) is 0 Å². The number of carbonyl (C=O) groups is 1. The van der Waals surface area contributed by atoms with Crippen molar-refractivity contribution in [3.8, 4) is 6.07 Å². The molecule has 1 aromatic carbocycles. The van der Waals surface area contributed by atoms with Crippen LogP contribution in [0, 0.1) is 25.2 Å². The lowest BCUT2D eigenvalue weighted by atomic mass is 10.1. The van der Waals surface area contributed by atoms with Gasteiger partial charge in [0.25, 0.3) is 0 Å². The first-order valence-corrected chi connectivity index (χ1v) is 6.30. The molecule has 0 unspecified atom stereocenters. The van der Waals surface area contributed by atoms with Crippen LogP contribution in [0.4, 0.5) is 5.69 Å². The molecule has 20 heavy (non-hydrogen) atoms. The zero-order valence-electron chi connectivity index (χ0n) is 11.8. The first kappa shape index (κ1) is 13.8. The summed E-state index contributed by atoms with van der Waals surface area (Å²) in [5.74, 6) is -0.112. The van der Waals surface area contributed by atoms with Crippen molar-refractivity contribution in [3.63, 3.8) is 0 Å². The van der Waals surface area contributed by atoms with E-state index in [1.807, 2.05) is 27.0 Å². The number of benzene rings is 1. The molecule has 1 heterocycles. The van der Waals surface area contributed by atoms with Gasteiger partial charge in [0.05, 0.1) is 23.7 Å². The molecular formula is C15H16N4O. The number of carbonyl (C=O) groups excluding carboxylic acids is 1. The molecule has 0 radical (unpaired) electrons.